The van der Waals surface area contributed by atoms with Crippen LogP contribution in [0.2, 0.25) is 0 Å². The molecule has 0 N–H and O–H groups in total. The van der Waals surface area contributed by atoms with E-state index in [0.29, 0.717) is 0 Å². The van der Waals surface area contributed by atoms with Gasteiger partial charge in [-0.25, -0.2) is 0 Å². The fourth-order valence-corrected chi connectivity index (χ4v) is 14.2. The summed E-state index contributed by atoms with van der Waals surface area (Å²) in [6.07, 6.45) is 41.0. The molecule has 0 spiro atoms. The van der Waals surface area contributed by atoms with E-state index in [1.807, 2.05) is 0 Å². The molecule has 0 radical (unpaired) electrons. The number of halogens is 1. The molecule has 0 aliphatic heterocycles. The Bertz CT molecular complexity index is 372. The molecule has 34 heavy (non-hydrogen) atoms. The van der Waals surface area contributed by atoms with Crippen LogP contribution < -0.4 is 0 Å². The van der Waals surface area contributed by atoms with Crippen molar-refractivity contribution in [3.05, 3.63) is 0 Å². The zero-order chi connectivity index (χ0) is 25.2. The fourth-order valence-electron chi connectivity index (χ4n) is 5.82. The molecule has 0 atom stereocenters. The summed E-state index contributed by atoms with van der Waals surface area (Å²) < 4.78 is 0. The van der Waals surface area contributed by atoms with Crippen LogP contribution in [0.1, 0.15) is 182 Å². The summed E-state index contributed by atoms with van der Waals surface area (Å²) in [4.78, 5) is 0. The normalized spacial score (nSPS) is 13.3. The van der Waals surface area contributed by atoms with Crippen LogP contribution >= 0.6 is 20.8 Å². The average molecular weight is 564 g/mol. The van der Waals surface area contributed by atoms with Crippen LogP contribution in [0.4, 0.5) is 0 Å². The summed E-state index contributed by atoms with van der Waals surface area (Å²) in [6, 6.07) is 0. The number of hydrogen-bond donors (Lipinski definition) is 0. The summed E-state index contributed by atoms with van der Waals surface area (Å²) in [5.74, 6) is 0. The molecule has 0 aliphatic carbocycles. The Hall–Kier alpha value is 0.910. The second kappa shape index (κ2) is 24.3. The van der Waals surface area contributed by atoms with Crippen molar-refractivity contribution in [3.63, 3.8) is 0 Å². The molecule has 0 unspecified atom stereocenters. The van der Waals surface area contributed by atoms with Crippen molar-refractivity contribution in [2.45, 2.75) is 182 Å². The van der Waals surface area contributed by atoms with Crippen LogP contribution in [0.3, 0.4) is 0 Å². The molecule has 0 bridgehead atoms. The Kier molecular flexibility index (Phi) is 24.9. The van der Waals surface area contributed by atoms with Crippen molar-refractivity contribution in [2.75, 3.05) is 24.6 Å². The molecule has 0 nitrogen and oxygen atoms in total. The molecule has 0 aromatic carbocycles. The molecule has 0 aliphatic rings. The van der Waals surface area contributed by atoms with Crippen molar-refractivity contribution in [2.24, 2.45) is 0 Å². The molecule has 208 valence electrons. The zero-order valence-corrected chi connectivity index (χ0v) is 27.1. The van der Waals surface area contributed by atoms with E-state index in [1.165, 1.54) is 154 Å². The predicted octanol–water partition coefficient (Wildman–Crippen LogP) is 13.3. The van der Waals surface area contributed by atoms with Gasteiger partial charge in [0, 0.05) is 0 Å². The maximum absolute atomic E-state index is 4.73. The monoisotopic (exact) mass is 562 g/mol. The number of rotatable bonds is 28. The van der Waals surface area contributed by atoms with Gasteiger partial charge in [0.1, 0.15) is 0 Å². The third-order valence-corrected chi connectivity index (χ3v) is 18.3. The molecule has 0 amide bonds. The van der Waals surface area contributed by atoms with Crippen molar-refractivity contribution < 1.29 is 0 Å². The first-order chi connectivity index (χ1) is 16.5. The zero-order valence-electron chi connectivity index (χ0n) is 24.6. The van der Waals surface area contributed by atoms with E-state index < -0.39 is 5.31 Å². The van der Waals surface area contributed by atoms with Gasteiger partial charge in [-0.2, -0.15) is 0 Å². The number of hydrogen-bond acceptors (Lipinski definition) is 0. The van der Waals surface area contributed by atoms with Gasteiger partial charge in [-0.3, -0.25) is 0 Å². The van der Waals surface area contributed by atoms with E-state index in [2.05, 4.69) is 27.7 Å². The van der Waals surface area contributed by atoms with Gasteiger partial charge >= 0.3 is 227 Å². The minimum absolute atomic E-state index is 1.37. The van der Waals surface area contributed by atoms with Gasteiger partial charge in [0.2, 0.25) is 0 Å². The minimum atomic E-state index is -1.74. The van der Waals surface area contributed by atoms with Gasteiger partial charge in [0.05, 0.1) is 0 Å². The Morgan fingerprint density at radius 1 is 0.294 bits per heavy atom. The first-order valence-electron chi connectivity index (χ1n) is 16.3. The third-order valence-electron chi connectivity index (χ3n) is 8.28. The average Bonchev–Trinajstić information content (AvgIpc) is 2.84. The predicted molar refractivity (Wildman–Crippen MR) is 169 cm³/mol. The van der Waals surface area contributed by atoms with E-state index in [-0.39, 0.29) is 0 Å². The Morgan fingerprint density at radius 3 is 0.706 bits per heavy atom. The fraction of sp³-hybridized carbons (Fsp3) is 1.00. The summed E-state index contributed by atoms with van der Waals surface area (Å²) in [6.45, 7) is 9.37. The van der Waals surface area contributed by atoms with E-state index in [0.717, 1.165) is 0 Å². The van der Waals surface area contributed by atoms with Crippen LogP contribution in [0.25, 0.3) is 0 Å². The summed E-state index contributed by atoms with van der Waals surface area (Å²) in [5, 5.41) is -1.74. The summed E-state index contributed by atoms with van der Waals surface area (Å²) in [7, 11) is 0. The van der Waals surface area contributed by atoms with Crippen LogP contribution in [0.5, 0.6) is 0 Å². The molecule has 2 heteroatoms. The third kappa shape index (κ3) is 20.0. The van der Waals surface area contributed by atoms with Gasteiger partial charge in [0.15, 0.2) is 0 Å². The molecule has 0 heterocycles. The Balaban J connectivity index is 4.83. The van der Waals surface area contributed by atoms with Crippen LogP contribution in [-0.2, 0) is 0 Å². The first-order valence-corrected chi connectivity index (χ1v) is 21.3. The summed E-state index contributed by atoms with van der Waals surface area (Å²) >= 11 is 4.73. The SMILES string of the molecule is CCCCCCCCCCP(Br)(CCCCCC)(CCCCCC)CCCCCCCCCC. The van der Waals surface area contributed by atoms with E-state index in [9.17, 15) is 0 Å². The van der Waals surface area contributed by atoms with Crippen LogP contribution in [0.15, 0.2) is 0 Å². The van der Waals surface area contributed by atoms with Crippen molar-refractivity contribution in [3.8, 4) is 0 Å². The van der Waals surface area contributed by atoms with Gasteiger partial charge in [-0.05, 0) is 0 Å². The van der Waals surface area contributed by atoms with Crippen molar-refractivity contribution in [1.29, 1.82) is 0 Å². The van der Waals surface area contributed by atoms with E-state index in [1.54, 1.807) is 24.6 Å². The van der Waals surface area contributed by atoms with Crippen molar-refractivity contribution >= 4 is 20.8 Å². The van der Waals surface area contributed by atoms with Gasteiger partial charge in [-0.1, -0.05) is 0 Å². The topological polar surface area (TPSA) is 0 Å². The Morgan fingerprint density at radius 2 is 0.471 bits per heavy atom. The molecular weight excluding hydrogens is 495 g/mol. The van der Waals surface area contributed by atoms with E-state index >= 15 is 0 Å². The maximum atomic E-state index is 4.73. The molecule has 0 rings (SSSR count). The van der Waals surface area contributed by atoms with Crippen LogP contribution in [0, 0.1) is 0 Å². The molecule has 0 fully saturated rings. The van der Waals surface area contributed by atoms with Crippen LogP contribution in [-0.4, -0.2) is 24.6 Å². The first kappa shape index (κ1) is 34.9. The standard InChI is InChI=1S/C32H68BrP/c1-5-9-13-17-19-21-23-27-31-34(33,29-25-15-11-7-3,30-26-16-12-8-4)32-28-24-22-20-18-14-10-6-2/h5-32H2,1-4H3. The second-order valence-corrected chi connectivity index (χ2v) is 23.2. The molecule has 0 aromatic rings. The second-order valence-electron chi connectivity index (χ2n) is 11.8. The number of unbranched alkanes of at least 4 members (excludes halogenated alkanes) is 20. The molecular formula is C32H68BrP. The quantitative estimate of drug-likeness (QED) is 0.0656. The molecule has 0 saturated carbocycles. The Labute approximate surface area is 226 Å². The van der Waals surface area contributed by atoms with E-state index in [4.69, 9.17) is 15.5 Å². The van der Waals surface area contributed by atoms with Crippen molar-refractivity contribution in [1.82, 2.24) is 0 Å². The molecule has 0 aromatic heterocycles. The van der Waals surface area contributed by atoms with Gasteiger partial charge in [0.25, 0.3) is 0 Å². The van der Waals surface area contributed by atoms with Gasteiger partial charge < -0.3 is 0 Å². The molecule has 0 saturated heterocycles. The summed E-state index contributed by atoms with van der Waals surface area (Å²) in [5.41, 5.74) is 0. The van der Waals surface area contributed by atoms with Gasteiger partial charge in [-0.15, -0.1) is 0 Å².